The van der Waals surface area contributed by atoms with Gasteiger partial charge in [0, 0.05) is 5.41 Å². The fourth-order valence-corrected chi connectivity index (χ4v) is 4.42. The lowest BCUT2D eigenvalue weighted by Crippen LogP contribution is -1.95. The highest BCUT2D eigenvalue weighted by Gasteiger charge is 2.08. The van der Waals surface area contributed by atoms with E-state index in [4.69, 9.17) is 0 Å². The van der Waals surface area contributed by atoms with E-state index in [1.807, 2.05) is 12.1 Å². The molecule has 27 heavy (non-hydrogen) atoms. The van der Waals surface area contributed by atoms with Crippen LogP contribution in [0.15, 0.2) is 46.7 Å². The van der Waals surface area contributed by atoms with Gasteiger partial charge in [0.2, 0.25) is 0 Å². The normalized spacial score (nSPS) is 12.0. The van der Waals surface area contributed by atoms with Gasteiger partial charge in [0.05, 0.1) is 4.90 Å². The first-order chi connectivity index (χ1) is 13.2. The van der Waals surface area contributed by atoms with Crippen LogP contribution in [-0.4, -0.2) is 8.42 Å². The monoisotopic (exact) mass is 392 g/mol. The summed E-state index contributed by atoms with van der Waals surface area (Å²) in [5.74, 6) is 0. The molecule has 0 aliphatic carbocycles. The molecule has 0 bridgehead atoms. The van der Waals surface area contributed by atoms with E-state index in [0.717, 1.165) is 12.8 Å². The molecular formula is C24H40O2S. The molecule has 0 fully saturated rings. The number of allylic oxidation sites excluding steroid dienone is 1. The van der Waals surface area contributed by atoms with Crippen LogP contribution in [0.25, 0.3) is 0 Å². The molecule has 0 aromatic heterocycles. The molecule has 0 saturated heterocycles. The second-order valence-corrected chi connectivity index (χ2v) is 9.45. The van der Waals surface area contributed by atoms with Crippen molar-refractivity contribution >= 4 is 9.84 Å². The van der Waals surface area contributed by atoms with Gasteiger partial charge in [0.1, 0.15) is 0 Å². The van der Waals surface area contributed by atoms with E-state index in [-0.39, 0.29) is 0 Å². The van der Waals surface area contributed by atoms with Crippen molar-refractivity contribution in [3.8, 4) is 0 Å². The zero-order valence-corrected chi connectivity index (χ0v) is 18.2. The van der Waals surface area contributed by atoms with E-state index in [1.165, 1.54) is 88.9 Å². The van der Waals surface area contributed by atoms with Crippen LogP contribution >= 0.6 is 0 Å². The Kier molecular flexibility index (Phi) is 14.1. The molecule has 0 atom stereocenters. The zero-order valence-electron chi connectivity index (χ0n) is 17.4. The largest absolute Gasteiger partial charge is 0.219 e. The molecule has 0 spiro atoms. The average Bonchev–Trinajstić information content (AvgIpc) is 2.68. The van der Waals surface area contributed by atoms with E-state index in [0.29, 0.717) is 4.90 Å². The third kappa shape index (κ3) is 12.8. The summed E-state index contributed by atoms with van der Waals surface area (Å²) in [5, 5.41) is 1.37. The van der Waals surface area contributed by atoms with Gasteiger partial charge in [-0.3, -0.25) is 0 Å². The molecule has 0 aliphatic rings. The van der Waals surface area contributed by atoms with Gasteiger partial charge in [-0.25, -0.2) is 8.42 Å². The van der Waals surface area contributed by atoms with Crippen molar-refractivity contribution in [3.63, 3.8) is 0 Å². The fraction of sp³-hybridized carbons (Fsp3) is 0.667. The zero-order chi connectivity index (χ0) is 19.6. The van der Waals surface area contributed by atoms with Crippen LogP contribution in [0.1, 0.15) is 103 Å². The minimum Gasteiger partial charge on any atom is -0.219 e. The highest BCUT2D eigenvalue weighted by atomic mass is 32.2. The van der Waals surface area contributed by atoms with Crippen molar-refractivity contribution in [1.82, 2.24) is 0 Å². The Balaban J connectivity index is 1.90. The Hall–Kier alpha value is -1.09. The summed E-state index contributed by atoms with van der Waals surface area (Å²) in [5.41, 5.74) is 0. The first kappa shape index (κ1) is 23.9. The summed E-state index contributed by atoms with van der Waals surface area (Å²) < 4.78 is 24.2. The molecule has 0 amide bonds. The topological polar surface area (TPSA) is 34.1 Å². The second kappa shape index (κ2) is 15.9. The smallest absolute Gasteiger partial charge is 0.199 e. The number of rotatable bonds is 17. The lowest BCUT2D eigenvalue weighted by molar-refractivity contribution is 0.536. The van der Waals surface area contributed by atoms with E-state index in [9.17, 15) is 8.42 Å². The number of hydrogen-bond donors (Lipinski definition) is 0. The standard InChI is InChI=1S/C24H40O2S/c1-2-3-4-5-6-7-8-9-10-11-12-13-14-15-16-20-23-27(25,26)24-21-18-17-19-22-24/h17-23H,2-16H2,1H3. The van der Waals surface area contributed by atoms with E-state index in [1.54, 1.807) is 24.3 Å². The molecule has 0 N–H and O–H groups in total. The Morgan fingerprint density at radius 2 is 1.11 bits per heavy atom. The third-order valence-corrected chi connectivity index (χ3v) is 6.55. The van der Waals surface area contributed by atoms with Crippen molar-refractivity contribution < 1.29 is 8.42 Å². The number of hydrogen-bond acceptors (Lipinski definition) is 2. The van der Waals surface area contributed by atoms with Gasteiger partial charge in [-0.2, -0.15) is 0 Å². The molecule has 0 heterocycles. The van der Waals surface area contributed by atoms with Gasteiger partial charge in [-0.15, -0.1) is 0 Å². The van der Waals surface area contributed by atoms with Crippen molar-refractivity contribution in [3.05, 3.63) is 41.8 Å². The van der Waals surface area contributed by atoms with E-state index < -0.39 is 9.84 Å². The van der Waals surface area contributed by atoms with Crippen LogP contribution in [-0.2, 0) is 9.84 Å². The van der Waals surface area contributed by atoms with E-state index in [2.05, 4.69) is 6.92 Å². The van der Waals surface area contributed by atoms with Gasteiger partial charge < -0.3 is 0 Å². The van der Waals surface area contributed by atoms with Crippen LogP contribution in [0.5, 0.6) is 0 Å². The third-order valence-electron chi connectivity index (χ3n) is 5.07. The molecule has 1 aromatic rings. The predicted octanol–water partition coefficient (Wildman–Crippen LogP) is 7.85. The first-order valence-electron chi connectivity index (χ1n) is 11.1. The van der Waals surface area contributed by atoms with Gasteiger partial charge in [0.25, 0.3) is 0 Å². The minimum absolute atomic E-state index is 0.377. The molecule has 0 saturated carbocycles. The highest BCUT2D eigenvalue weighted by molar-refractivity contribution is 7.94. The van der Waals surface area contributed by atoms with E-state index >= 15 is 0 Å². The SMILES string of the molecule is CCCCCCCCCCCCCCCCC=CS(=O)(=O)c1ccccc1. The summed E-state index contributed by atoms with van der Waals surface area (Å²) in [6.45, 7) is 2.27. The summed E-state index contributed by atoms with van der Waals surface area (Å²) in [6.07, 6.45) is 21.5. The van der Waals surface area contributed by atoms with Gasteiger partial charge in [-0.1, -0.05) is 115 Å². The van der Waals surface area contributed by atoms with Crippen LogP contribution < -0.4 is 0 Å². The van der Waals surface area contributed by atoms with Crippen molar-refractivity contribution in [2.75, 3.05) is 0 Å². The summed E-state index contributed by atoms with van der Waals surface area (Å²) in [7, 11) is -3.26. The lowest BCUT2D eigenvalue weighted by atomic mass is 10.0. The molecular weight excluding hydrogens is 352 g/mol. The molecule has 0 unspecified atom stereocenters. The maximum atomic E-state index is 12.1. The number of sulfone groups is 1. The summed E-state index contributed by atoms with van der Waals surface area (Å²) in [6, 6.07) is 8.64. The lowest BCUT2D eigenvalue weighted by Gasteiger charge is -2.03. The molecule has 154 valence electrons. The van der Waals surface area contributed by atoms with Gasteiger partial charge in [0.15, 0.2) is 9.84 Å². The van der Waals surface area contributed by atoms with Crippen molar-refractivity contribution in [2.45, 2.75) is 108 Å². The number of unbranched alkanes of at least 4 members (excludes halogenated alkanes) is 14. The molecule has 3 heteroatoms. The fourth-order valence-electron chi connectivity index (χ4n) is 3.34. The van der Waals surface area contributed by atoms with Crippen molar-refractivity contribution in [2.24, 2.45) is 0 Å². The maximum Gasteiger partial charge on any atom is 0.199 e. The maximum absolute atomic E-state index is 12.1. The Bertz CT molecular complexity index is 576. The Morgan fingerprint density at radius 3 is 1.59 bits per heavy atom. The Morgan fingerprint density at radius 1 is 0.667 bits per heavy atom. The summed E-state index contributed by atoms with van der Waals surface area (Å²) >= 11 is 0. The molecule has 1 aromatic carbocycles. The minimum atomic E-state index is -3.26. The van der Waals surface area contributed by atoms with Crippen LogP contribution in [0, 0.1) is 0 Å². The molecule has 2 nitrogen and oxygen atoms in total. The highest BCUT2D eigenvalue weighted by Crippen LogP contribution is 2.14. The van der Waals surface area contributed by atoms with Gasteiger partial charge in [-0.05, 0) is 25.0 Å². The van der Waals surface area contributed by atoms with Gasteiger partial charge >= 0.3 is 0 Å². The number of benzene rings is 1. The molecule has 0 radical (unpaired) electrons. The van der Waals surface area contributed by atoms with Crippen molar-refractivity contribution in [1.29, 1.82) is 0 Å². The summed E-state index contributed by atoms with van der Waals surface area (Å²) in [4.78, 5) is 0.377. The molecule has 0 aliphatic heterocycles. The molecule has 1 rings (SSSR count). The second-order valence-electron chi connectivity index (χ2n) is 7.61. The van der Waals surface area contributed by atoms with Crippen LogP contribution in [0.2, 0.25) is 0 Å². The predicted molar refractivity (Wildman–Crippen MR) is 118 cm³/mol. The average molecular weight is 393 g/mol. The van der Waals surface area contributed by atoms with Crippen LogP contribution in [0.4, 0.5) is 0 Å². The van der Waals surface area contributed by atoms with Crippen LogP contribution in [0.3, 0.4) is 0 Å². The Labute approximate surface area is 168 Å². The quantitative estimate of drug-likeness (QED) is 0.253. The first-order valence-corrected chi connectivity index (χ1v) is 12.7.